The van der Waals surface area contributed by atoms with Crippen LogP contribution < -0.4 is 10.6 Å². The van der Waals surface area contributed by atoms with Gasteiger partial charge in [0, 0.05) is 24.0 Å². The van der Waals surface area contributed by atoms with Crippen LogP contribution in [-0.2, 0) is 10.0 Å². The van der Waals surface area contributed by atoms with Crippen molar-refractivity contribution in [2.45, 2.75) is 49.2 Å². The number of carbonyl (C=O) groups is 1. The first-order chi connectivity index (χ1) is 13.0. The summed E-state index contributed by atoms with van der Waals surface area (Å²) in [6, 6.07) is 4.88. The Morgan fingerprint density at radius 1 is 1.32 bits per heavy atom. The summed E-state index contributed by atoms with van der Waals surface area (Å²) in [5, 5.41) is 5.52. The Balaban J connectivity index is 1.86. The molecule has 0 aromatic heterocycles. The zero-order valence-corrected chi connectivity index (χ0v) is 17.3. The Hall–Kier alpha value is -1.46. The maximum atomic E-state index is 12.5. The quantitative estimate of drug-likeness (QED) is 0.666. The van der Waals surface area contributed by atoms with E-state index < -0.39 is 27.6 Å². The Kier molecular flexibility index (Phi) is 7.63. The third-order valence-electron chi connectivity index (χ3n) is 4.49. The molecule has 1 heterocycles. The third kappa shape index (κ3) is 6.85. The Morgan fingerprint density at radius 3 is 2.54 bits per heavy atom. The summed E-state index contributed by atoms with van der Waals surface area (Å²) in [7, 11) is -3.22. The lowest BCUT2D eigenvalue weighted by Gasteiger charge is -2.31. The van der Waals surface area contributed by atoms with Gasteiger partial charge in [0.05, 0.1) is 11.8 Å². The van der Waals surface area contributed by atoms with E-state index in [1.54, 1.807) is 19.9 Å². The first kappa shape index (κ1) is 22.8. The molecule has 2 rings (SSSR count). The van der Waals surface area contributed by atoms with Crippen LogP contribution in [-0.4, -0.2) is 49.1 Å². The van der Waals surface area contributed by atoms with Crippen molar-refractivity contribution in [2.24, 2.45) is 0 Å². The van der Waals surface area contributed by atoms with Gasteiger partial charge in [-0.25, -0.2) is 17.5 Å². The van der Waals surface area contributed by atoms with E-state index in [-0.39, 0.29) is 28.5 Å². The summed E-state index contributed by atoms with van der Waals surface area (Å²) in [5.41, 5.74) is -3.81. The van der Waals surface area contributed by atoms with Crippen LogP contribution in [0.3, 0.4) is 0 Å². The molecule has 1 unspecified atom stereocenters. The van der Waals surface area contributed by atoms with Gasteiger partial charge < -0.3 is 10.6 Å². The molecule has 1 atom stereocenters. The predicted octanol–water partition coefficient (Wildman–Crippen LogP) is 3.47. The molecule has 2 N–H and O–H groups in total. The van der Waals surface area contributed by atoms with Crippen LogP contribution in [0, 0.1) is 0 Å². The predicted molar refractivity (Wildman–Crippen MR) is 102 cm³/mol. The summed E-state index contributed by atoms with van der Waals surface area (Å²) >= 11 is -0.198. The molecule has 1 aliphatic heterocycles. The van der Waals surface area contributed by atoms with E-state index in [9.17, 15) is 26.4 Å². The fourth-order valence-electron chi connectivity index (χ4n) is 2.95. The zero-order valence-electron chi connectivity index (χ0n) is 15.6. The molecular weight excluding hydrogens is 415 g/mol. The van der Waals surface area contributed by atoms with Crippen molar-refractivity contribution in [2.75, 3.05) is 18.8 Å². The standard InChI is InChI=1S/C17H24F3N3O3S2/c1-3-28(25,26)23-9-7-14(8-10-23)22-16(24)21-12(2)13-5-4-6-15(11-13)27-17(18,19)20/h4-6,11-12,14H,3,7-10H2,1-2H3,(H2,21,22,24). The molecule has 1 saturated heterocycles. The molecule has 158 valence electrons. The molecule has 1 aromatic carbocycles. The number of alkyl halides is 3. The molecule has 1 fully saturated rings. The number of rotatable bonds is 6. The van der Waals surface area contributed by atoms with E-state index in [0.29, 0.717) is 31.5 Å². The fraction of sp³-hybridized carbons (Fsp3) is 0.588. The summed E-state index contributed by atoms with van der Waals surface area (Å²) in [6.45, 7) is 3.99. The van der Waals surface area contributed by atoms with Crippen molar-refractivity contribution < 1.29 is 26.4 Å². The van der Waals surface area contributed by atoms with Gasteiger partial charge in [-0.15, -0.1) is 0 Å². The summed E-state index contributed by atoms with van der Waals surface area (Å²) < 4.78 is 62.7. The molecule has 11 heteroatoms. The van der Waals surface area contributed by atoms with E-state index in [1.165, 1.54) is 22.5 Å². The molecule has 0 spiro atoms. The van der Waals surface area contributed by atoms with E-state index >= 15 is 0 Å². The number of nitrogens with zero attached hydrogens (tertiary/aromatic N) is 1. The van der Waals surface area contributed by atoms with Gasteiger partial charge in [-0.05, 0) is 56.1 Å². The number of benzene rings is 1. The highest BCUT2D eigenvalue weighted by molar-refractivity contribution is 8.00. The minimum Gasteiger partial charge on any atom is -0.335 e. The molecular formula is C17H24F3N3O3S2. The molecule has 1 aliphatic rings. The van der Waals surface area contributed by atoms with Crippen molar-refractivity contribution >= 4 is 27.8 Å². The van der Waals surface area contributed by atoms with Gasteiger partial charge in [-0.2, -0.15) is 13.2 Å². The lowest BCUT2D eigenvalue weighted by molar-refractivity contribution is -0.0328. The molecule has 6 nitrogen and oxygen atoms in total. The van der Waals surface area contributed by atoms with E-state index in [1.807, 2.05) is 0 Å². The van der Waals surface area contributed by atoms with Crippen LogP contribution >= 0.6 is 11.8 Å². The molecule has 0 aliphatic carbocycles. The average molecular weight is 440 g/mol. The van der Waals surface area contributed by atoms with E-state index in [2.05, 4.69) is 10.6 Å². The van der Waals surface area contributed by atoms with Crippen LogP contribution in [0.4, 0.5) is 18.0 Å². The Bertz CT molecular complexity index is 779. The van der Waals surface area contributed by atoms with Crippen LogP contribution in [0.2, 0.25) is 0 Å². The fourth-order valence-corrected chi connectivity index (χ4v) is 4.69. The van der Waals surface area contributed by atoms with Crippen molar-refractivity contribution in [3.8, 4) is 0 Å². The maximum Gasteiger partial charge on any atom is 0.446 e. The van der Waals surface area contributed by atoms with Crippen LogP contribution in [0.15, 0.2) is 29.2 Å². The van der Waals surface area contributed by atoms with Crippen molar-refractivity contribution in [3.05, 3.63) is 29.8 Å². The third-order valence-corrected chi connectivity index (χ3v) is 7.09. The molecule has 0 bridgehead atoms. The van der Waals surface area contributed by atoms with Gasteiger partial charge >= 0.3 is 11.5 Å². The van der Waals surface area contributed by atoms with Crippen molar-refractivity contribution in [3.63, 3.8) is 0 Å². The van der Waals surface area contributed by atoms with Gasteiger partial charge in [0.2, 0.25) is 10.0 Å². The number of halogens is 3. The van der Waals surface area contributed by atoms with Gasteiger partial charge in [0.25, 0.3) is 0 Å². The maximum absolute atomic E-state index is 12.5. The molecule has 28 heavy (non-hydrogen) atoms. The van der Waals surface area contributed by atoms with E-state index in [0.717, 1.165) is 0 Å². The average Bonchev–Trinajstić information content (AvgIpc) is 2.61. The minimum atomic E-state index is -4.37. The molecule has 0 radical (unpaired) electrons. The second-order valence-corrected chi connectivity index (χ2v) is 9.93. The lowest BCUT2D eigenvalue weighted by atomic mass is 10.1. The number of hydrogen-bond donors (Lipinski definition) is 2. The Labute approximate surface area is 167 Å². The first-order valence-corrected chi connectivity index (χ1v) is 11.3. The molecule has 1 aromatic rings. The van der Waals surface area contributed by atoms with Gasteiger partial charge in [-0.3, -0.25) is 0 Å². The Morgan fingerprint density at radius 2 is 1.96 bits per heavy atom. The number of carbonyl (C=O) groups excluding carboxylic acids is 1. The minimum absolute atomic E-state index is 0.0504. The molecule has 0 saturated carbocycles. The smallest absolute Gasteiger partial charge is 0.335 e. The van der Waals surface area contributed by atoms with Gasteiger partial charge in [0.15, 0.2) is 0 Å². The molecule has 2 amide bonds. The largest absolute Gasteiger partial charge is 0.446 e. The highest BCUT2D eigenvalue weighted by Crippen LogP contribution is 2.37. The van der Waals surface area contributed by atoms with Crippen molar-refractivity contribution in [1.29, 1.82) is 0 Å². The number of amides is 2. The second-order valence-electron chi connectivity index (χ2n) is 6.53. The van der Waals surface area contributed by atoms with Crippen LogP contribution in [0.1, 0.15) is 38.3 Å². The SMILES string of the molecule is CCS(=O)(=O)N1CCC(NC(=O)NC(C)c2cccc(SC(F)(F)F)c2)CC1. The number of nitrogens with one attached hydrogen (secondary N) is 2. The number of hydrogen-bond acceptors (Lipinski definition) is 4. The summed E-state index contributed by atoms with van der Waals surface area (Å²) in [4.78, 5) is 12.3. The highest BCUT2D eigenvalue weighted by Gasteiger charge is 2.30. The monoisotopic (exact) mass is 439 g/mol. The first-order valence-electron chi connectivity index (χ1n) is 8.90. The normalized spacial score (nSPS) is 17.9. The van der Waals surface area contributed by atoms with Crippen molar-refractivity contribution in [1.82, 2.24) is 14.9 Å². The van der Waals surface area contributed by atoms with Gasteiger partial charge in [-0.1, -0.05) is 12.1 Å². The van der Waals surface area contributed by atoms with Gasteiger partial charge in [0.1, 0.15) is 0 Å². The topological polar surface area (TPSA) is 78.5 Å². The number of thioether (sulfide) groups is 1. The number of piperidine rings is 1. The summed E-state index contributed by atoms with van der Waals surface area (Å²) in [6.07, 6.45) is 1.03. The lowest BCUT2D eigenvalue weighted by Crippen LogP contribution is -2.49. The second kappa shape index (κ2) is 9.36. The summed E-state index contributed by atoms with van der Waals surface area (Å²) in [5.74, 6) is 0.0504. The number of urea groups is 1. The zero-order chi connectivity index (χ0) is 20.9. The number of sulfonamides is 1. The highest BCUT2D eigenvalue weighted by atomic mass is 32.2. The van der Waals surface area contributed by atoms with E-state index in [4.69, 9.17) is 0 Å². The van der Waals surface area contributed by atoms with Crippen LogP contribution in [0.25, 0.3) is 0 Å². The van der Waals surface area contributed by atoms with Crippen LogP contribution in [0.5, 0.6) is 0 Å².